The highest BCUT2D eigenvalue weighted by Crippen LogP contribution is 2.25. The molecule has 0 aliphatic carbocycles. The Hall–Kier alpha value is -1.55. The van der Waals surface area contributed by atoms with Crippen molar-refractivity contribution in [1.29, 1.82) is 0 Å². The van der Waals surface area contributed by atoms with Crippen molar-refractivity contribution in [1.82, 2.24) is 4.90 Å². The topological polar surface area (TPSA) is 52.6 Å². The lowest BCUT2D eigenvalue weighted by Crippen LogP contribution is -2.45. The van der Waals surface area contributed by atoms with Crippen molar-refractivity contribution in [2.24, 2.45) is 0 Å². The van der Waals surface area contributed by atoms with Crippen LogP contribution in [0.1, 0.15) is 35.2 Å². The van der Waals surface area contributed by atoms with Gasteiger partial charge in [0.2, 0.25) is 0 Å². The van der Waals surface area contributed by atoms with E-state index >= 15 is 0 Å². The smallest absolute Gasteiger partial charge is 0.254 e. The summed E-state index contributed by atoms with van der Waals surface area (Å²) in [6, 6.07) is 5.90. The number of fused-ring (bicyclic) bond motifs is 1. The quantitative estimate of drug-likeness (QED) is 0.850. The van der Waals surface area contributed by atoms with E-state index in [0.717, 1.165) is 50.0 Å². The summed E-state index contributed by atoms with van der Waals surface area (Å²) in [6.45, 7) is 1.78. The number of hydrogen-bond donors (Lipinski definition) is 2. The molecule has 19 heavy (non-hydrogen) atoms. The Morgan fingerprint density at radius 1 is 1.42 bits per heavy atom. The fourth-order valence-corrected chi connectivity index (χ4v) is 3.05. The van der Waals surface area contributed by atoms with Crippen LogP contribution in [0.3, 0.4) is 0 Å². The van der Waals surface area contributed by atoms with Gasteiger partial charge in [-0.3, -0.25) is 4.79 Å². The third-order valence-electron chi connectivity index (χ3n) is 4.17. The van der Waals surface area contributed by atoms with Crippen LogP contribution in [0.4, 0.5) is 5.69 Å². The van der Waals surface area contributed by atoms with E-state index in [4.69, 9.17) is 0 Å². The molecule has 1 aromatic carbocycles. The van der Waals surface area contributed by atoms with Gasteiger partial charge in [-0.05, 0) is 43.4 Å². The Morgan fingerprint density at radius 2 is 2.32 bits per heavy atom. The zero-order valence-corrected chi connectivity index (χ0v) is 11.1. The fraction of sp³-hybridized carbons (Fsp3) is 0.533. The number of likely N-dealkylation sites (tertiary alicyclic amines) is 1. The average Bonchev–Trinajstić information content (AvgIpc) is 2.93. The van der Waals surface area contributed by atoms with Gasteiger partial charge in [0.25, 0.3) is 5.91 Å². The maximum Gasteiger partial charge on any atom is 0.254 e. The van der Waals surface area contributed by atoms with E-state index in [1.54, 1.807) is 0 Å². The van der Waals surface area contributed by atoms with Gasteiger partial charge in [0, 0.05) is 24.3 Å². The van der Waals surface area contributed by atoms with Crippen molar-refractivity contribution in [3.8, 4) is 0 Å². The molecule has 1 saturated heterocycles. The number of benzene rings is 1. The van der Waals surface area contributed by atoms with Crippen LogP contribution in [0, 0.1) is 0 Å². The molecule has 0 radical (unpaired) electrons. The number of nitrogens with one attached hydrogen (secondary N) is 1. The second-order valence-electron chi connectivity index (χ2n) is 5.38. The molecule has 1 unspecified atom stereocenters. The zero-order valence-electron chi connectivity index (χ0n) is 11.1. The molecule has 2 N–H and O–H groups in total. The molecule has 1 atom stereocenters. The molecule has 2 heterocycles. The highest BCUT2D eigenvalue weighted by atomic mass is 16.3. The van der Waals surface area contributed by atoms with E-state index in [1.807, 2.05) is 23.1 Å². The summed E-state index contributed by atoms with van der Waals surface area (Å²) in [5.41, 5.74) is 3.10. The molecule has 1 aromatic rings. The van der Waals surface area contributed by atoms with Gasteiger partial charge in [-0.1, -0.05) is 6.07 Å². The first-order valence-corrected chi connectivity index (χ1v) is 7.08. The van der Waals surface area contributed by atoms with Gasteiger partial charge in [0.05, 0.1) is 12.6 Å². The Balaban J connectivity index is 1.82. The Morgan fingerprint density at radius 3 is 3.16 bits per heavy atom. The van der Waals surface area contributed by atoms with E-state index in [9.17, 15) is 9.90 Å². The summed E-state index contributed by atoms with van der Waals surface area (Å²) in [5, 5.41) is 12.7. The number of hydrogen-bond acceptors (Lipinski definition) is 3. The van der Waals surface area contributed by atoms with Crippen LogP contribution in [-0.2, 0) is 6.42 Å². The molecule has 0 saturated carbocycles. The maximum absolute atomic E-state index is 12.6. The van der Waals surface area contributed by atoms with Crippen LogP contribution in [0.5, 0.6) is 0 Å². The second-order valence-corrected chi connectivity index (χ2v) is 5.38. The van der Waals surface area contributed by atoms with Crippen molar-refractivity contribution >= 4 is 11.6 Å². The number of anilines is 1. The van der Waals surface area contributed by atoms with Crippen LogP contribution in [0.15, 0.2) is 18.2 Å². The number of aliphatic hydroxyl groups excluding tert-OH is 1. The lowest BCUT2D eigenvalue weighted by atomic mass is 10.0. The number of nitrogens with zero attached hydrogens (tertiary/aromatic N) is 1. The first kappa shape index (κ1) is 12.5. The van der Waals surface area contributed by atoms with E-state index in [1.165, 1.54) is 5.56 Å². The van der Waals surface area contributed by atoms with Crippen molar-refractivity contribution in [3.63, 3.8) is 0 Å². The predicted octanol–water partition coefficient (Wildman–Crippen LogP) is 1.64. The lowest BCUT2D eigenvalue weighted by Gasteiger charge is -2.34. The molecular weight excluding hydrogens is 240 g/mol. The van der Waals surface area contributed by atoms with Gasteiger partial charge >= 0.3 is 0 Å². The van der Waals surface area contributed by atoms with E-state index in [2.05, 4.69) is 5.32 Å². The van der Waals surface area contributed by atoms with Gasteiger partial charge in [-0.2, -0.15) is 0 Å². The first-order chi connectivity index (χ1) is 9.29. The molecule has 0 aromatic heterocycles. The standard InChI is InChI=1S/C15H20N2O2/c18-10-13-3-1-2-8-17(13)15(19)12-5-4-11-6-7-16-14(11)9-12/h4-5,9,13,16,18H,1-3,6-8,10H2. The number of carbonyl (C=O) groups is 1. The molecule has 102 valence electrons. The van der Waals surface area contributed by atoms with Gasteiger partial charge in [0.1, 0.15) is 0 Å². The Bertz CT molecular complexity index is 487. The van der Waals surface area contributed by atoms with Gasteiger partial charge in [0.15, 0.2) is 0 Å². The monoisotopic (exact) mass is 260 g/mol. The molecular formula is C15H20N2O2. The first-order valence-electron chi connectivity index (χ1n) is 7.08. The molecule has 4 heteroatoms. The number of carbonyl (C=O) groups excluding carboxylic acids is 1. The molecule has 2 aliphatic heterocycles. The van der Waals surface area contributed by atoms with E-state index in [-0.39, 0.29) is 18.6 Å². The van der Waals surface area contributed by atoms with Crippen LogP contribution in [0.2, 0.25) is 0 Å². The van der Waals surface area contributed by atoms with Crippen LogP contribution >= 0.6 is 0 Å². The highest BCUT2D eigenvalue weighted by Gasteiger charge is 2.27. The summed E-state index contributed by atoms with van der Waals surface area (Å²) in [4.78, 5) is 14.4. The van der Waals surface area contributed by atoms with E-state index < -0.39 is 0 Å². The van der Waals surface area contributed by atoms with Crippen molar-refractivity contribution in [3.05, 3.63) is 29.3 Å². The largest absolute Gasteiger partial charge is 0.394 e. The Labute approximate surface area is 113 Å². The SMILES string of the molecule is O=C(c1ccc2c(c1)NCC2)N1CCCCC1CO. The van der Waals surface area contributed by atoms with Gasteiger partial charge in [-0.15, -0.1) is 0 Å². The summed E-state index contributed by atoms with van der Waals surface area (Å²) in [7, 11) is 0. The summed E-state index contributed by atoms with van der Waals surface area (Å²) in [6.07, 6.45) is 4.07. The minimum atomic E-state index is -0.0116. The predicted molar refractivity (Wildman–Crippen MR) is 74.4 cm³/mol. The number of rotatable bonds is 2. The minimum absolute atomic E-state index is 0.0116. The molecule has 1 fully saturated rings. The molecule has 2 aliphatic rings. The molecule has 0 spiro atoms. The van der Waals surface area contributed by atoms with Gasteiger partial charge < -0.3 is 15.3 Å². The van der Waals surface area contributed by atoms with Crippen LogP contribution < -0.4 is 5.32 Å². The summed E-state index contributed by atoms with van der Waals surface area (Å²) in [5.74, 6) is 0.0512. The summed E-state index contributed by atoms with van der Waals surface area (Å²) < 4.78 is 0. The summed E-state index contributed by atoms with van der Waals surface area (Å²) >= 11 is 0. The number of aliphatic hydroxyl groups is 1. The molecule has 3 rings (SSSR count). The maximum atomic E-state index is 12.6. The third-order valence-corrected chi connectivity index (χ3v) is 4.17. The van der Waals surface area contributed by atoms with Crippen molar-refractivity contribution < 1.29 is 9.90 Å². The van der Waals surface area contributed by atoms with Crippen LogP contribution in [0.25, 0.3) is 0 Å². The van der Waals surface area contributed by atoms with Gasteiger partial charge in [-0.25, -0.2) is 0 Å². The average molecular weight is 260 g/mol. The molecule has 0 bridgehead atoms. The second kappa shape index (κ2) is 5.21. The van der Waals surface area contributed by atoms with E-state index in [0.29, 0.717) is 0 Å². The molecule has 4 nitrogen and oxygen atoms in total. The third kappa shape index (κ3) is 2.32. The van der Waals surface area contributed by atoms with Crippen LogP contribution in [-0.4, -0.2) is 41.7 Å². The minimum Gasteiger partial charge on any atom is -0.394 e. The van der Waals surface area contributed by atoms with Crippen molar-refractivity contribution in [2.45, 2.75) is 31.7 Å². The highest BCUT2D eigenvalue weighted by molar-refractivity contribution is 5.95. The normalized spacial score (nSPS) is 21.9. The number of amides is 1. The van der Waals surface area contributed by atoms with Crippen molar-refractivity contribution in [2.75, 3.05) is 25.0 Å². The molecule has 1 amide bonds. The number of piperidine rings is 1. The lowest BCUT2D eigenvalue weighted by molar-refractivity contribution is 0.0503. The Kier molecular flexibility index (Phi) is 3.42. The zero-order chi connectivity index (χ0) is 13.2. The fourth-order valence-electron chi connectivity index (χ4n) is 3.05.